The number of aliphatic hydroxyl groups excluding tert-OH is 1. The molecule has 29 heavy (non-hydrogen) atoms. The van der Waals surface area contributed by atoms with E-state index in [4.69, 9.17) is 4.74 Å². The number of carbonyl (C=O) groups is 2. The number of hydrogen-bond donors (Lipinski definition) is 1. The lowest BCUT2D eigenvalue weighted by atomic mass is 9.95. The van der Waals surface area contributed by atoms with Crippen LogP contribution in [0, 0.1) is 5.82 Å². The number of benzene rings is 2. The second kappa shape index (κ2) is 7.48. The van der Waals surface area contributed by atoms with Gasteiger partial charge in [-0.05, 0) is 29.8 Å². The van der Waals surface area contributed by atoms with Crippen molar-refractivity contribution in [3.63, 3.8) is 0 Å². The molecule has 1 amide bonds. The van der Waals surface area contributed by atoms with Crippen molar-refractivity contribution in [2.45, 2.75) is 6.04 Å². The van der Waals surface area contributed by atoms with E-state index in [0.29, 0.717) is 22.0 Å². The summed E-state index contributed by atoms with van der Waals surface area (Å²) in [5.41, 5.74) is 0.712. The monoisotopic (exact) mass is 410 g/mol. The fourth-order valence-electron chi connectivity index (χ4n) is 3.25. The Morgan fingerprint density at radius 3 is 2.62 bits per heavy atom. The van der Waals surface area contributed by atoms with E-state index in [1.54, 1.807) is 29.6 Å². The highest BCUT2D eigenvalue weighted by atomic mass is 32.1. The Hall–Kier alpha value is -3.52. The minimum atomic E-state index is -0.937. The highest BCUT2D eigenvalue weighted by molar-refractivity contribution is 7.14. The van der Waals surface area contributed by atoms with Crippen LogP contribution in [0.4, 0.5) is 9.52 Å². The zero-order chi connectivity index (χ0) is 20.5. The molecule has 1 N–H and O–H groups in total. The molecule has 0 bridgehead atoms. The Morgan fingerprint density at radius 1 is 1.21 bits per heavy atom. The molecule has 1 atom stereocenters. The van der Waals surface area contributed by atoms with Gasteiger partial charge in [-0.3, -0.25) is 14.5 Å². The van der Waals surface area contributed by atoms with Gasteiger partial charge in [-0.2, -0.15) is 0 Å². The van der Waals surface area contributed by atoms with Gasteiger partial charge < -0.3 is 9.84 Å². The molecule has 8 heteroatoms. The number of hydrogen-bond acceptors (Lipinski definition) is 6. The van der Waals surface area contributed by atoms with Crippen LogP contribution in [0.1, 0.15) is 17.2 Å². The van der Waals surface area contributed by atoms with Crippen molar-refractivity contribution in [2.75, 3.05) is 12.0 Å². The first-order valence-electron chi connectivity index (χ1n) is 8.61. The third-order valence-electron chi connectivity index (χ3n) is 4.60. The van der Waals surface area contributed by atoms with E-state index in [0.717, 1.165) is 0 Å². The molecule has 0 radical (unpaired) electrons. The summed E-state index contributed by atoms with van der Waals surface area (Å²) in [5.74, 6) is -1.95. The first-order chi connectivity index (χ1) is 14.0. The van der Waals surface area contributed by atoms with Crippen LogP contribution in [-0.4, -0.2) is 28.9 Å². The number of ketones is 1. The number of thiazole rings is 1. The molecule has 1 aromatic heterocycles. The van der Waals surface area contributed by atoms with Crippen LogP contribution in [0.25, 0.3) is 5.76 Å². The average molecular weight is 410 g/mol. The number of methoxy groups -OCH3 is 1. The predicted octanol–water partition coefficient (Wildman–Crippen LogP) is 3.92. The van der Waals surface area contributed by atoms with Crippen molar-refractivity contribution in [1.82, 2.24) is 4.98 Å². The van der Waals surface area contributed by atoms with Crippen LogP contribution in [0.3, 0.4) is 0 Å². The molecule has 0 aliphatic carbocycles. The smallest absolute Gasteiger partial charge is 0.301 e. The minimum absolute atomic E-state index is 0.0925. The normalized spacial score (nSPS) is 18.3. The zero-order valence-electron chi connectivity index (χ0n) is 15.2. The second-order valence-electron chi connectivity index (χ2n) is 6.27. The SMILES string of the molecule is COc1cccc(C(O)=C2C(=O)C(=O)N(c3nccs3)C2c2ccc(F)cc2)c1. The lowest BCUT2D eigenvalue weighted by Gasteiger charge is -2.23. The van der Waals surface area contributed by atoms with Gasteiger partial charge in [-0.25, -0.2) is 9.37 Å². The summed E-state index contributed by atoms with van der Waals surface area (Å²) in [7, 11) is 1.49. The number of carbonyl (C=O) groups excluding carboxylic acids is 2. The Kier molecular flexibility index (Phi) is 4.85. The molecule has 1 saturated heterocycles. The molecule has 2 aromatic carbocycles. The number of anilines is 1. The van der Waals surface area contributed by atoms with Gasteiger partial charge in [0.25, 0.3) is 5.78 Å². The molecular weight excluding hydrogens is 395 g/mol. The summed E-state index contributed by atoms with van der Waals surface area (Å²) >= 11 is 1.19. The standard InChI is InChI=1S/C21H15FN2O4S/c1-28-15-4-2-3-13(11-15)18(25)16-17(12-5-7-14(22)8-6-12)24(20(27)19(16)26)21-23-9-10-29-21/h2-11,17,25H,1H3. The van der Waals surface area contributed by atoms with Crippen molar-refractivity contribution in [3.8, 4) is 5.75 Å². The fourth-order valence-corrected chi connectivity index (χ4v) is 3.92. The lowest BCUT2D eigenvalue weighted by molar-refractivity contribution is -0.132. The van der Waals surface area contributed by atoms with Crippen LogP contribution in [0.5, 0.6) is 5.75 Å². The summed E-state index contributed by atoms with van der Waals surface area (Å²) in [6, 6.07) is 11.0. The molecule has 2 heterocycles. The van der Waals surface area contributed by atoms with Crippen molar-refractivity contribution in [2.24, 2.45) is 0 Å². The number of aliphatic hydroxyl groups is 1. The van der Waals surface area contributed by atoms with Crippen molar-refractivity contribution in [3.05, 3.63) is 82.6 Å². The Morgan fingerprint density at radius 2 is 1.97 bits per heavy atom. The summed E-state index contributed by atoms with van der Waals surface area (Å²) < 4.78 is 18.6. The number of halogens is 1. The number of rotatable bonds is 4. The largest absolute Gasteiger partial charge is 0.507 e. The molecule has 0 saturated carbocycles. The van der Waals surface area contributed by atoms with Crippen LogP contribution in [0.15, 0.2) is 65.7 Å². The molecular formula is C21H15FN2O4S. The Bertz CT molecular complexity index is 1110. The highest BCUT2D eigenvalue weighted by Gasteiger charge is 2.47. The third-order valence-corrected chi connectivity index (χ3v) is 5.37. The zero-order valence-corrected chi connectivity index (χ0v) is 16.0. The van der Waals surface area contributed by atoms with E-state index in [1.165, 1.54) is 53.8 Å². The van der Waals surface area contributed by atoms with E-state index in [9.17, 15) is 19.1 Å². The van der Waals surface area contributed by atoms with Gasteiger partial charge in [-0.1, -0.05) is 24.3 Å². The van der Waals surface area contributed by atoms with Gasteiger partial charge in [0.1, 0.15) is 17.3 Å². The van der Waals surface area contributed by atoms with Gasteiger partial charge >= 0.3 is 5.91 Å². The molecule has 1 aliphatic heterocycles. The van der Waals surface area contributed by atoms with E-state index in [-0.39, 0.29) is 11.3 Å². The topological polar surface area (TPSA) is 79.7 Å². The molecule has 4 rings (SSSR count). The summed E-state index contributed by atoms with van der Waals surface area (Å²) in [6.45, 7) is 0. The summed E-state index contributed by atoms with van der Waals surface area (Å²) in [4.78, 5) is 31.1. The number of aromatic nitrogens is 1. The average Bonchev–Trinajstić information content (AvgIpc) is 3.35. The minimum Gasteiger partial charge on any atom is -0.507 e. The van der Waals surface area contributed by atoms with Crippen LogP contribution < -0.4 is 9.64 Å². The van der Waals surface area contributed by atoms with E-state index in [2.05, 4.69) is 4.98 Å². The molecule has 1 aliphatic rings. The maximum absolute atomic E-state index is 13.5. The van der Waals surface area contributed by atoms with Gasteiger partial charge in [0.05, 0.1) is 18.7 Å². The van der Waals surface area contributed by atoms with Gasteiger partial charge in [0, 0.05) is 17.1 Å². The quantitative estimate of drug-likeness (QED) is 0.401. The van der Waals surface area contributed by atoms with Gasteiger partial charge in [0.15, 0.2) is 5.13 Å². The third kappa shape index (κ3) is 3.27. The Labute approximate surface area is 169 Å². The van der Waals surface area contributed by atoms with Crippen LogP contribution in [0.2, 0.25) is 0 Å². The lowest BCUT2D eigenvalue weighted by Crippen LogP contribution is -2.29. The number of Topliss-reactive ketones (excluding diaryl/α,β-unsaturated/α-hetero) is 1. The van der Waals surface area contributed by atoms with Crippen LogP contribution in [-0.2, 0) is 9.59 Å². The molecule has 0 spiro atoms. The Balaban J connectivity index is 1.93. The van der Waals surface area contributed by atoms with E-state index in [1.807, 2.05) is 0 Å². The maximum atomic E-state index is 13.5. The molecule has 6 nitrogen and oxygen atoms in total. The van der Waals surface area contributed by atoms with Crippen molar-refractivity contribution in [1.29, 1.82) is 0 Å². The predicted molar refractivity (Wildman–Crippen MR) is 106 cm³/mol. The first-order valence-corrected chi connectivity index (χ1v) is 9.49. The van der Waals surface area contributed by atoms with Crippen molar-refractivity contribution < 1.29 is 23.8 Å². The molecule has 1 fully saturated rings. The van der Waals surface area contributed by atoms with E-state index < -0.39 is 23.5 Å². The van der Waals surface area contributed by atoms with E-state index >= 15 is 0 Å². The number of amides is 1. The van der Waals surface area contributed by atoms with Crippen molar-refractivity contribution >= 4 is 33.9 Å². The highest BCUT2D eigenvalue weighted by Crippen LogP contribution is 2.42. The number of ether oxygens (including phenoxy) is 1. The van der Waals surface area contributed by atoms with Crippen LogP contribution >= 0.6 is 11.3 Å². The molecule has 146 valence electrons. The molecule has 1 unspecified atom stereocenters. The van der Waals surface area contributed by atoms with Gasteiger partial charge in [-0.15, -0.1) is 11.3 Å². The maximum Gasteiger partial charge on any atom is 0.301 e. The summed E-state index contributed by atoms with van der Waals surface area (Å²) in [5, 5.41) is 13.0. The fraction of sp³-hybridized carbons (Fsp3) is 0.0952. The molecule has 3 aromatic rings. The van der Waals surface area contributed by atoms with Gasteiger partial charge in [0.2, 0.25) is 0 Å². The number of nitrogens with zero attached hydrogens (tertiary/aromatic N) is 2. The first kappa shape index (κ1) is 18.8. The second-order valence-corrected chi connectivity index (χ2v) is 7.14. The summed E-state index contributed by atoms with van der Waals surface area (Å²) in [6.07, 6.45) is 1.52.